The van der Waals surface area contributed by atoms with Crippen molar-refractivity contribution in [1.82, 2.24) is 9.78 Å². The lowest BCUT2D eigenvalue weighted by atomic mass is 9.88. The number of rotatable bonds is 2. The van der Waals surface area contributed by atoms with Gasteiger partial charge in [-0.2, -0.15) is 5.10 Å². The van der Waals surface area contributed by atoms with Crippen LogP contribution in [0.3, 0.4) is 0 Å². The van der Waals surface area contributed by atoms with Crippen molar-refractivity contribution in [2.45, 2.75) is 65.3 Å². The van der Waals surface area contributed by atoms with Gasteiger partial charge in [-0.3, -0.25) is 9.48 Å². The van der Waals surface area contributed by atoms with Crippen LogP contribution in [0.2, 0.25) is 0 Å². The number of nitrogens with one attached hydrogen (secondary N) is 1. The number of hydrogen-bond donors (Lipinski definition) is 1. The molecule has 1 N–H and O–H groups in total. The predicted octanol–water partition coefficient (Wildman–Crippen LogP) is 3.28. The van der Waals surface area contributed by atoms with Crippen LogP contribution in [0, 0.1) is 5.92 Å². The van der Waals surface area contributed by atoms with Crippen molar-refractivity contribution < 1.29 is 4.79 Å². The second-order valence-electron chi connectivity index (χ2n) is 7.52. The van der Waals surface area contributed by atoms with Crippen LogP contribution < -0.4 is 5.32 Å². The molecular weight excluding hydrogens is 238 g/mol. The highest BCUT2D eigenvalue weighted by Crippen LogP contribution is 2.34. The van der Waals surface area contributed by atoms with Gasteiger partial charge in [-0.1, -0.05) is 20.8 Å². The summed E-state index contributed by atoms with van der Waals surface area (Å²) in [7, 11) is 0. The van der Waals surface area contributed by atoms with Crippen molar-refractivity contribution in [3.8, 4) is 0 Å². The molecule has 0 bridgehead atoms. The van der Waals surface area contributed by atoms with Gasteiger partial charge in [-0.05, 0) is 39.0 Å². The van der Waals surface area contributed by atoms with Crippen molar-refractivity contribution in [1.29, 1.82) is 0 Å². The van der Waals surface area contributed by atoms with E-state index < -0.39 is 0 Å². The van der Waals surface area contributed by atoms with E-state index in [1.807, 2.05) is 4.68 Å². The molecule has 0 saturated heterocycles. The summed E-state index contributed by atoms with van der Waals surface area (Å²) in [5.41, 5.74) is 0.981. The zero-order chi connectivity index (χ0) is 14.4. The molecule has 0 unspecified atom stereocenters. The molecule has 19 heavy (non-hydrogen) atoms. The minimum absolute atomic E-state index is 0.0321. The molecule has 1 saturated carbocycles. The summed E-state index contributed by atoms with van der Waals surface area (Å²) in [4.78, 5) is 12.0. The third-order valence-corrected chi connectivity index (χ3v) is 3.40. The number of amides is 1. The van der Waals surface area contributed by atoms with E-state index in [0.717, 1.165) is 24.2 Å². The SMILES string of the molecule is CC(C)(C)c1cn(C(C)(C)C)nc1NC(=O)C1CC1. The molecule has 0 aliphatic heterocycles. The van der Waals surface area contributed by atoms with Crippen LogP contribution in [-0.2, 0) is 15.7 Å². The molecule has 1 aliphatic rings. The largest absolute Gasteiger partial charge is 0.309 e. The van der Waals surface area contributed by atoms with Gasteiger partial charge in [0.2, 0.25) is 5.91 Å². The van der Waals surface area contributed by atoms with Crippen molar-refractivity contribution in [3.63, 3.8) is 0 Å². The van der Waals surface area contributed by atoms with Crippen LogP contribution in [0.15, 0.2) is 6.20 Å². The number of carbonyl (C=O) groups excluding carboxylic acids is 1. The molecule has 1 fully saturated rings. The summed E-state index contributed by atoms with van der Waals surface area (Å²) in [5.74, 6) is 1.04. The van der Waals surface area contributed by atoms with Crippen molar-refractivity contribution >= 4 is 11.7 Å². The van der Waals surface area contributed by atoms with Crippen LogP contribution in [0.25, 0.3) is 0 Å². The zero-order valence-corrected chi connectivity index (χ0v) is 12.9. The quantitative estimate of drug-likeness (QED) is 0.890. The molecule has 106 valence electrons. The molecule has 0 atom stereocenters. The Balaban J connectivity index is 2.33. The summed E-state index contributed by atoms with van der Waals surface area (Å²) in [6.45, 7) is 12.8. The highest BCUT2D eigenvalue weighted by molar-refractivity contribution is 5.93. The maximum absolute atomic E-state index is 12.0. The van der Waals surface area contributed by atoms with Crippen LogP contribution in [0.4, 0.5) is 5.82 Å². The third-order valence-electron chi connectivity index (χ3n) is 3.40. The van der Waals surface area contributed by atoms with E-state index in [9.17, 15) is 4.79 Å². The van der Waals surface area contributed by atoms with E-state index in [1.165, 1.54) is 0 Å². The van der Waals surface area contributed by atoms with Gasteiger partial charge >= 0.3 is 0 Å². The Morgan fingerprint density at radius 1 is 1.26 bits per heavy atom. The lowest BCUT2D eigenvalue weighted by Crippen LogP contribution is -2.22. The van der Waals surface area contributed by atoms with Gasteiger partial charge in [-0.25, -0.2) is 0 Å². The summed E-state index contributed by atoms with van der Waals surface area (Å²) in [5, 5.41) is 7.58. The van der Waals surface area contributed by atoms with Gasteiger partial charge in [0.05, 0.1) is 5.54 Å². The normalized spacial score (nSPS) is 16.5. The lowest BCUT2D eigenvalue weighted by Gasteiger charge is -2.20. The maximum atomic E-state index is 12.0. The van der Waals surface area contributed by atoms with E-state index in [0.29, 0.717) is 0 Å². The smallest absolute Gasteiger partial charge is 0.228 e. The Kier molecular flexibility index (Phi) is 3.23. The van der Waals surface area contributed by atoms with Gasteiger partial charge in [0.1, 0.15) is 0 Å². The van der Waals surface area contributed by atoms with Crippen LogP contribution in [0.5, 0.6) is 0 Å². The van der Waals surface area contributed by atoms with E-state index >= 15 is 0 Å². The summed E-state index contributed by atoms with van der Waals surface area (Å²) >= 11 is 0. The summed E-state index contributed by atoms with van der Waals surface area (Å²) in [6, 6.07) is 0. The molecule has 0 aromatic carbocycles. The highest BCUT2D eigenvalue weighted by atomic mass is 16.2. The number of hydrogen-bond acceptors (Lipinski definition) is 2. The number of aromatic nitrogens is 2. The summed E-state index contributed by atoms with van der Waals surface area (Å²) < 4.78 is 1.94. The van der Waals surface area contributed by atoms with Crippen molar-refractivity contribution in [2.24, 2.45) is 5.92 Å². The minimum atomic E-state index is -0.0808. The molecule has 0 spiro atoms. The Morgan fingerprint density at radius 3 is 2.26 bits per heavy atom. The van der Waals surface area contributed by atoms with Gasteiger partial charge in [-0.15, -0.1) is 0 Å². The van der Waals surface area contributed by atoms with Crippen LogP contribution >= 0.6 is 0 Å². The summed E-state index contributed by atoms with van der Waals surface area (Å²) in [6.07, 6.45) is 4.08. The topological polar surface area (TPSA) is 46.9 Å². The predicted molar refractivity (Wildman–Crippen MR) is 77.3 cm³/mol. The highest BCUT2D eigenvalue weighted by Gasteiger charge is 2.32. The monoisotopic (exact) mass is 263 g/mol. The Morgan fingerprint density at radius 2 is 1.84 bits per heavy atom. The number of nitrogens with zero attached hydrogens (tertiary/aromatic N) is 2. The second kappa shape index (κ2) is 4.36. The van der Waals surface area contributed by atoms with Crippen LogP contribution in [0.1, 0.15) is 59.9 Å². The zero-order valence-electron chi connectivity index (χ0n) is 12.9. The number of anilines is 1. The molecule has 1 aromatic rings. The first-order chi connectivity index (χ1) is 8.59. The first-order valence-electron chi connectivity index (χ1n) is 7.00. The molecule has 1 amide bonds. The van der Waals surface area contributed by atoms with Gasteiger partial charge in [0, 0.05) is 17.7 Å². The Bertz CT molecular complexity index is 484. The van der Waals surface area contributed by atoms with E-state index in [2.05, 4.69) is 58.2 Å². The second-order valence-corrected chi connectivity index (χ2v) is 7.52. The van der Waals surface area contributed by atoms with E-state index in [1.54, 1.807) is 0 Å². The molecule has 4 nitrogen and oxygen atoms in total. The van der Waals surface area contributed by atoms with Gasteiger partial charge < -0.3 is 5.32 Å². The average Bonchev–Trinajstić information content (AvgIpc) is 2.96. The minimum Gasteiger partial charge on any atom is -0.309 e. The fraction of sp³-hybridized carbons (Fsp3) is 0.733. The molecular formula is C15H25N3O. The average molecular weight is 263 g/mol. The molecule has 1 aliphatic carbocycles. The molecule has 0 radical (unpaired) electrons. The van der Waals surface area contributed by atoms with Crippen molar-refractivity contribution in [2.75, 3.05) is 5.32 Å². The molecule has 1 aromatic heterocycles. The Labute approximate surface area is 115 Å². The maximum Gasteiger partial charge on any atom is 0.228 e. The van der Waals surface area contributed by atoms with E-state index in [4.69, 9.17) is 0 Å². The van der Waals surface area contributed by atoms with E-state index in [-0.39, 0.29) is 22.8 Å². The first kappa shape index (κ1) is 14.1. The fourth-order valence-electron chi connectivity index (χ4n) is 1.92. The van der Waals surface area contributed by atoms with Gasteiger partial charge in [0.25, 0.3) is 0 Å². The van der Waals surface area contributed by atoms with Gasteiger partial charge in [0.15, 0.2) is 5.82 Å². The number of carbonyl (C=O) groups is 1. The van der Waals surface area contributed by atoms with Crippen LogP contribution in [-0.4, -0.2) is 15.7 Å². The Hall–Kier alpha value is -1.32. The fourth-order valence-corrected chi connectivity index (χ4v) is 1.92. The molecule has 2 rings (SSSR count). The lowest BCUT2D eigenvalue weighted by molar-refractivity contribution is -0.117. The van der Waals surface area contributed by atoms with Crippen molar-refractivity contribution in [3.05, 3.63) is 11.8 Å². The standard InChI is InChI=1S/C15H25N3O/c1-14(2,3)11-9-18(15(4,5)6)17-12(11)16-13(19)10-7-8-10/h9-10H,7-8H2,1-6H3,(H,16,17,19). The third kappa shape index (κ3) is 3.17. The molecule has 4 heteroatoms. The molecule has 1 heterocycles. The first-order valence-corrected chi connectivity index (χ1v) is 7.00.